The third kappa shape index (κ3) is 2.29. The average Bonchev–Trinajstić information content (AvgIpc) is 2.77. The van der Waals surface area contributed by atoms with Gasteiger partial charge in [-0.25, -0.2) is 4.39 Å². The van der Waals surface area contributed by atoms with Gasteiger partial charge < -0.3 is 0 Å². The van der Waals surface area contributed by atoms with E-state index in [0.29, 0.717) is 11.1 Å². The fourth-order valence-electron chi connectivity index (χ4n) is 2.22. The van der Waals surface area contributed by atoms with Gasteiger partial charge in [0.2, 0.25) is 0 Å². The summed E-state index contributed by atoms with van der Waals surface area (Å²) >= 11 is 0. The molecule has 0 atom stereocenters. The van der Waals surface area contributed by atoms with Gasteiger partial charge in [0.15, 0.2) is 0 Å². The predicted molar refractivity (Wildman–Crippen MR) is 74.7 cm³/mol. The maximum Gasteiger partial charge on any atom is 0.272 e. The number of hydrogen-bond donors (Lipinski definition) is 1. The molecule has 1 N–H and O–H groups in total. The SMILES string of the molecule is O=c1[nH]n(Cc2ccccc2F)c2ccc([N+](=O)[O-])cc12. The van der Waals surface area contributed by atoms with Gasteiger partial charge in [0.05, 0.1) is 22.4 Å². The molecule has 1 heterocycles. The van der Waals surface area contributed by atoms with Gasteiger partial charge >= 0.3 is 0 Å². The topological polar surface area (TPSA) is 80.9 Å². The highest BCUT2D eigenvalue weighted by atomic mass is 19.1. The number of fused-ring (bicyclic) bond motifs is 1. The number of aromatic nitrogens is 2. The van der Waals surface area contributed by atoms with E-state index in [4.69, 9.17) is 0 Å². The Labute approximate surface area is 117 Å². The lowest BCUT2D eigenvalue weighted by Gasteiger charge is -2.05. The fraction of sp³-hybridized carbons (Fsp3) is 0.0714. The molecule has 6 nitrogen and oxygen atoms in total. The number of aromatic amines is 1. The molecule has 1 aromatic heterocycles. The summed E-state index contributed by atoms with van der Waals surface area (Å²) < 4.78 is 15.1. The number of nitro groups is 1. The Hall–Kier alpha value is -2.96. The second kappa shape index (κ2) is 4.86. The lowest BCUT2D eigenvalue weighted by molar-refractivity contribution is -0.384. The van der Waals surface area contributed by atoms with Gasteiger partial charge in [-0.1, -0.05) is 18.2 Å². The van der Waals surface area contributed by atoms with Crippen molar-refractivity contribution >= 4 is 16.6 Å². The molecule has 0 radical (unpaired) electrons. The number of nitrogens with one attached hydrogen (secondary N) is 1. The Bertz CT molecular complexity index is 898. The van der Waals surface area contributed by atoms with E-state index in [9.17, 15) is 19.3 Å². The van der Waals surface area contributed by atoms with Crippen molar-refractivity contribution in [3.8, 4) is 0 Å². The monoisotopic (exact) mass is 287 g/mol. The molecule has 0 bridgehead atoms. The van der Waals surface area contributed by atoms with Crippen LogP contribution in [0.4, 0.5) is 10.1 Å². The minimum atomic E-state index is -0.562. The zero-order valence-electron chi connectivity index (χ0n) is 10.7. The molecule has 0 spiro atoms. The van der Waals surface area contributed by atoms with E-state index in [1.165, 1.54) is 28.9 Å². The van der Waals surface area contributed by atoms with Crippen LogP contribution in [0.25, 0.3) is 10.9 Å². The number of non-ortho nitro benzene ring substituents is 1. The van der Waals surface area contributed by atoms with Crippen LogP contribution in [-0.4, -0.2) is 14.7 Å². The van der Waals surface area contributed by atoms with Crippen LogP contribution in [0, 0.1) is 15.9 Å². The molecule has 21 heavy (non-hydrogen) atoms. The number of benzene rings is 2. The molecule has 0 fully saturated rings. The Morgan fingerprint density at radius 3 is 2.71 bits per heavy atom. The van der Waals surface area contributed by atoms with Crippen molar-refractivity contribution in [2.24, 2.45) is 0 Å². The highest BCUT2D eigenvalue weighted by molar-refractivity contribution is 5.81. The lowest BCUT2D eigenvalue weighted by Crippen LogP contribution is -2.07. The van der Waals surface area contributed by atoms with Crippen LogP contribution in [0.15, 0.2) is 47.3 Å². The van der Waals surface area contributed by atoms with E-state index in [2.05, 4.69) is 5.10 Å². The first-order valence-electron chi connectivity index (χ1n) is 6.16. The summed E-state index contributed by atoms with van der Waals surface area (Å²) in [4.78, 5) is 22.0. The standard InChI is InChI=1S/C14H10FN3O3/c15-12-4-2-1-3-9(12)8-17-13-6-5-10(18(20)21)7-11(13)14(19)16-17/h1-7H,8H2,(H,16,19). The van der Waals surface area contributed by atoms with Crippen molar-refractivity contribution in [2.75, 3.05) is 0 Å². The summed E-state index contributed by atoms with van der Waals surface area (Å²) in [6.45, 7) is 0.142. The first-order valence-corrected chi connectivity index (χ1v) is 6.16. The van der Waals surface area contributed by atoms with E-state index in [-0.39, 0.29) is 23.4 Å². The van der Waals surface area contributed by atoms with Gasteiger partial charge in [0, 0.05) is 17.7 Å². The molecule has 0 aliphatic heterocycles. The van der Waals surface area contributed by atoms with Crippen LogP contribution < -0.4 is 5.56 Å². The summed E-state index contributed by atoms with van der Waals surface area (Å²) in [5.74, 6) is -0.373. The predicted octanol–water partition coefficient (Wildman–Crippen LogP) is 2.43. The highest BCUT2D eigenvalue weighted by Crippen LogP contribution is 2.19. The van der Waals surface area contributed by atoms with Gasteiger partial charge in [-0.15, -0.1) is 0 Å². The highest BCUT2D eigenvalue weighted by Gasteiger charge is 2.13. The summed E-state index contributed by atoms with van der Waals surface area (Å²) in [5.41, 5.74) is 0.319. The Kier molecular flexibility index (Phi) is 3.02. The fourth-order valence-corrected chi connectivity index (χ4v) is 2.22. The van der Waals surface area contributed by atoms with E-state index in [1.54, 1.807) is 18.2 Å². The van der Waals surface area contributed by atoms with Gasteiger partial charge in [-0.05, 0) is 12.1 Å². The minimum absolute atomic E-state index is 0.142. The first kappa shape index (κ1) is 13.0. The molecular weight excluding hydrogens is 277 g/mol. The molecule has 0 saturated carbocycles. The number of nitrogens with zero attached hydrogens (tertiary/aromatic N) is 2. The van der Waals surface area contributed by atoms with Crippen LogP contribution in [0.2, 0.25) is 0 Å². The van der Waals surface area contributed by atoms with Gasteiger partial charge in [-0.2, -0.15) is 0 Å². The summed E-state index contributed by atoms with van der Waals surface area (Å²) in [5, 5.41) is 13.5. The third-order valence-electron chi connectivity index (χ3n) is 3.25. The van der Waals surface area contributed by atoms with Crippen molar-refractivity contribution in [3.63, 3.8) is 0 Å². The molecule has 3 aromatic rings. The Morgan fingerprint density at radius 2 is 2.00 bits per heavy atom. The zero-order chi connectivity index (χ0) is 15.0. The van der Waals surface area contributed by atoms with Crippen molar-refractivity contribution in [1.29, 1.82) is 0 Å². The largest absolute Gasteiger partial charge is 0.280 e. The van der Waals surface area contributed by atoms with E-state index >= 15 is 0 Å². The van der Waals surface area contributed by atoms with E-state index < -0.39 is 10.5 Å². The smallest absolute Gasteiger partial charge is 0.272 e. The molecule has 0 unspecified atom stereocenters. The third-order valence-corrected chi connectivity index (χ3v) is 3.25. The molecular formula is C14H10FN3O3. The van der Waals surface area contributed by atoms with Crippen LogP contribution in [0.1, 0.15) is 5.56 Å². The number of halogens is 1. The summed E-state index contributed by atoms with van der Waals surface area (Å²) in [7, 11) is 0. The zero-order valence-corrected chi connectivity index (χ0v) is 10.7. The van der Waals surface area contributed by atoms with Gasteiger partial charge in [-0.3, -0.25) is 24.7 Å². The molecule has 2 aromatic carbocycles. The lowest BCUT2D eigenvalue weighted by atomic mass is 10.2. The number of nitro benzene ring substituents is 1. The Morgan fingerprint density at radius 1 is 1.24 bits per heavy atom. The van der Waals surface area contributed by atoms with Crippen LogP contribution in [-0.2, 0) is 6.54 Å². The number of hydrogen-bond acceptors (Lipinski definition) is 3. The summed E-state index contributed by atoms with van der Waals surface area (Å²) in [6, 6.07) is 10.2. The van der Waals surface area contributed by atoms with Crippen molar-refractivity contribution in [1.82, 2.24) is 9.78 Å². The maximum atomic E-state index is 13.7. The molecule has 7 heteroatoms. The van der Waals surface area contributed by atoms with Gasteiger partial charge in [0.25, 0.3) is 11.2 Å². The maximum absolute atomic E-state index is 13.7. The second-order valence-electron chi connectivity index (χ2n) is 4.58. The minimum Gasteiger partial charge on any atom is -0.280 e. The van der Waals surface area contributed by atoms with Crippen LogP contribution in [0.3, 0.4) is 0 Å². The molecule has 0 amide bonds. The molecule has 0 aliphatic carbocycles. The van der Waals surface area contributed by atoms with E-state index in [1.807, 2.05) is 0 Å². The molecule has 3 rings (SSSR count). The molecule has 0 aliphatic rings. The van der Waals surface area contributed by atoms with Crippen LogP contribution in [0.5, 0.6) is 0 Å². The van der Waals surface area contributed by atoms with Crippen LogP contribution >= 0.6 is 0 Å². The average molecular weight is 287 g/mol. The van der Waals surface area contributed by atoms with Crippen molar-refractivity contribution in [2.45, 2.75) is 6.54 Å². The number of rotatable bonds is 3. The number of H-pyrrole nitrogens is 1. The second-order valence-corrected chi connectivity index (χ2v) is 4.58. The van der Waals surface area contributed by atoms with Gasteiger partial charge in [0.1, 0.15) is 5.82 Å². The molecule has 106 valence electrons. The van der Waals surface area contributed by atoms with Crippen molar-refractivity contribution < 1.29 is 9.31 Å². The molecule has 0 saturated heterocycles. The summed E-state index contributed by atoms with van der Waals surface area (Å²) in [6.07, 6.45) is 0. The first-order chi connectivity index (χ1) is 10.1. The van der Waals surface area contributed by atoms with Crippen molar-refractivity contribution in [3.05, 3.63) is 74.3 Å². The quantitative estimate of drug-likeness (QED) is 0.593. The normalized spacial score (nSPS) is 10.9. The Balaban J connectivity index is 2.10. The van der Waals surface area contributed by atoms with E-state index in [0.717, 1.165) is 0 Å².